The number of fused-ring (bicyclic) bond motifs is 3. The van der Waals surface area contributed by atoms with Crippen molar-refractivity contribution in [2.75, 3.05) is 43.9 Å². The number of benzene rings is 2. The Hall–Kier alpha value is -4.36. The number of anilines is 2. The van der Waals surface area contributed by atoms with Crippen LogP contribution in [0.1, 0.15) is 57.6 Å². The molecule has 0 radical (unpaired) electrons. The molecule has 2 aromatic heterocycles. The van der Waals surface area contributed by atoms with E-state index in [2.05, 4.69) is 14.9 Å². The van der Waals surface area contributed by atoms with Gasteiger partial charge >= 0.3 is 12.2 Å². The number of amides is 1. The quantitative estimate of drug-likeness (QED) is 0.213. The predicted molar refractivity (Wildman–Crippen MR) is 183 cm³/mol. The molecule has 0 spiro atoms. The van der Waals surface area contributed by atoms with Crippen LogP contribution in [0.5, 0.6) is 6.01 Å². The molecular formula is C35H37F6N7O2S. The molecule has 3 saturated heterocycles. The number of ether oxygens (including phenoxy) is 1. The molecule has 5 heterocycles. The molecule has 0 aliphatic carbocycles. The highest BCUT2D eigenvalue weighted by Crippen LogP contribution is 2.48. The van der Waals surface area contributed by atoms with E-state index in [0.717, 1.165) is 31.2 Å². The van der Waals surface area contributed by atoms with E-state index in [1.165, 1.54) is 26.9 Å². The SMILES string of the molecule is CCN(c1nc(OC)nc2c(F)c(-c3ccc(F)c4sc(N)c(C#N)c34)c(C(F)(F)F)cc12)C1CC(C)N(C(C)=O)C1.FC1CC2CCCN2C1. The van der Waals surface area contributed by atoms with Crippen molar-refractivity contribution < 1.29 is 35.9 Å². The average molecular weight is 734 g/mol. The maximum Gasteiger partial charge on any atom is 0.417 e. The van der Waals surface area contributed by atoms with Gasteiger partial charge in [0, 0.05) is 61.0 Å². The van der Waals surface area contributed by atoms with Crippen molar-refractivity contribution in [1.29, 1.82) is 5.26 Å². The molecular weight excluding hydrogens is 696 g/mol. The number of likely N-dealkylation sites (N-methyl/N-ethyl adjacent to an activating group) is 1. The van der Waals surface area contributed by atoms with Gasteiger partial charge in [0.05, 0.1) is 22.9 Å². The van der Waals surface area contributed by atoms with E-state index in [9.17, 15) is 32.0 Å². The van der Waals surface area contributed by atoms with Gasteiger partial charge in [-0.15, -0.1) is 11.3 Å². The topological polar surface area (TPSA) is 112 Å². The summed E-state index contributed by atoms with van der Waals surface area (Å²) in [5, 5.41) is 9.13. The summed E-state index contributed by atoms with van der Waals surface area (Å²) in [4.78, 5) is 26.2. The summed E-state index contributed by atoms with van der Waals surface area (Å²) in [6, 6.07) is 4.36. The van der Waals surface area contributed by atoms with Crippen LogP contribution >= 0.6 is 11.3 Å². The zero-order valence-corrected chi connectivity index (χ0v) is 29.3. The van der Waals surface area contributed by atoms with Crippen LogP contribution in [0.4, 0.5) is 37.2 Å². The van der Waals surface area contributed by atoms with Crippen molar-refractivity contribution >= 4 is 49.1 Å². The molecule has 272 valence electrons. The second-order valence-corrected chi connectivity index (χ2v) is 14.2. The number of methoxy groups -OCH3 is 1. The minimum atomic E-state index is -5.07. The number of thiophene rings is 1. The molecule has 9 nitrogen and oxygen atoms in total. The lowest BCUT2D eigenvalue weighted by Crippen LogP contribution is -2.39. The Labute approximate surface area is 294 Å². The number of aromatic nitrogens is 2. The summed E-state index contributed by atoms with van der Waals surface area (Å²) in [5.41, 5.74) is 2.57. The van der Waals surface area contributed by atoms with Gasteiger partial charge in [0.15, 0.2) is 5.82 Å². The minimum absolute atomic E-state index is 0.0136. The fraction of sp³-hybridized carbons (Fsp3) is 0.486. The zero-order chi connectivity index (χ0) is 36.9. The van der Waals surface area contributed by atoms with E-state index in [4.69, 9.17) is 10.5 Å². The largest absolute Gasteiger partial charge is 0.467 e. The fourth-order valence-electron chi connectivity index (χ4n) is 7.77. The molecule has 4 unspecified atom stereocenters. The fourth-order valence-corrected chi connectivity index (χ4v) is 8.72. The number of alkyl halides is 4. The number of nitrogens with zero attached hydrogens (tertiary/aromatic N) is 6. The summed E-state index contributed by atoms with van der Waals surface area (Å²) in [6.45, 7) is 7.52. The maximum atomic E-state index is 16.6. The maximum absolute atomic E-state index is 16.6. The molecule has 1 amide bonds. The summed E-state index contributed by atoms with van der Waals surface area (Å²) in [5.74, 6) is -2.28. The Bertz CT molecular complexity index is 2020. The number of halogens is 6. The third kappa shape index (κ3) is 6.61. The third-order valence-corrected chi connectivity index (χ3v) is 11.1. The molecule has 2 N–H and O–H groups in total. The van der Waals surface area contributed by atoms with Crippen LogP contribution in [0.3, 0.4) is 0 Å². The molecule has 16 heteroatoms. The molecule has 3 aliphatic rings. The summed E-state index contributed by atoms with van der Waals surface area (Å²) < 4.78 is 93.0. The molecule has 0 bridgehead atoms. The second-order valence-electron chi connectivity index (χ2n) is 13.1. The number of carbonyl (C=O) groups excluding carboxylic acids is 1. The van der Waals surface area contributed by atoms with E-state index in [1.807, 2.05) is 6.92 Å². The lowest BCUT2D eigenvalue weighted by atomic mass is 9.92. The van der Waals surface area contributed by atoms with E-state index in [1.54, 1.807) is 22.8 Å². The molecule has 51 heavy (non-hydrogen) atoms. The predicted octanol–water partition coefficient (Wildman–Crippen LogP) is 7.30. The van der Waals surface area contributed by atoms with Crippen LogP contribution in [-0.2, 0) is 11.0 Å². The Kier molecular flexibility index (Phi) is 9.99. The second kappa shape index (κ2) is 14.0. The smallest absolute Gasteiger partial charge is 0.417 e. The Morgan fingerprint density at radius 3 is 2.57 bits per heavy atom. The van der Waals surface area contributed by atoms with E-state index >= 15 is 4.39 Å². The normalized spacial score (nSPS) is 21.9. The number of nitrogens with two attached hydrogens (primary N) is 1. The molecule has 3 aliphatic heterocycles. The van der Waals surface area contributed by atoms with Gasteiger partial charge in [-0.2, -0.15) is 28.4 Å². The third-order valence-electron chi connectivity index (χ3n) is 10.0. The van der Waals surface area contributed by atoms with Crippen LogP contribution in [0, 0.1) is 23.0 Å². The molecule has 7 rings (SSSR count). The van der Waals surface area contributed by atoms with Crippen molar-refractivity contribution in [1.82, 2.24) is 19.8 Å². The highest BCUT2D eigenvalue weighted by atomic mass is 32.1. The van der Waals surface area contributed by atoms with E-state index in [0.29, 0.717) is 36.9 Å². The average Bonchev–Trinajstić information content (AvgIpc) is 3.84. The summed E-state index contributed by atoms with van der Waals surface area (Å²) >= 11 is 0.690. The van der Waals surface area contributed by atoms with Crippen molar-refractivity contribution in [2.24, 2.45) is 0 Å². The first-order valence-electron chi connectivity index (χ1n) is 16.7. The zero-order valence-electron chi connectivity index (χ0n) is 28.5. The van der Waals surface area contributed by atoms with E-state index < -0.39 is 40.6 Å². The first-order valence-corrected chi connectivity index (χ1v) is 17.5. The van der Waals surface area contributed by atoms with Crippen LogP contribution in [0.25, 0.3) is 32.1 Å². The summed E-state index contributed by atoms with van der Waals surface area (Å²) in [7, 11) is 1.25. The molecule has 3 fully saturated rings. The van der Waals surface area contributed by atoms with E-state index in [-0.39, 0.29) is 68.0 Å². The lowest BCUT2D eigenvalue weighted by Gasteiger charge is -2.30. The number of rotatable bonds is 5. The van der Waals surface area contributed by atoms with Crippen LogP contribution in [-0.4, -0.2) is 83.3 Å². The first kappa shape index (κ1) is 36.4. The number of likely N-dealkylation sites (tertiary alicyclic amines) is 1. The van der Waals surface area contributed by atoms with Crippen LogP contribution in [0.2, 0.25) is 0 Å². The van der Waals surface area contributed by atoms with Crippen molar-refractivity contribution in [2.45, 2.75) is 76.9 Å². The Morgan fingerprint density at radius 1 is 1.22 bits per heavy atom. The number of carbonyl (C=O) groups is 1. The Balaban J connectivity index is 0.000000428. The van der Waals surface area contributed by atoms with Crippen molar-refractivity contribution in [3.05, 3.63) is 41.0 Å². The van der Waals surface area contributed by atoms with Gasteiger partial charge in [0.2, 0.25) is 5.91 Å². The first-order chi connectivity index (χ1) is 24.2. The molecule has 4 aromatic rings. The van der Waals surface area contributed by atoms with Gasteiger partial charge in [-0.05, 0) is 63.8 Å². The van der Waals surface area contributed by atoms with Gasteiger partial charge < -0.3 is 20.3 Å². The summed E-state index contributed by atoms with van der Waals surface area (Å²) in [6.07, 6.45) is -1.74. The van der Waals surface area contributed by atoms with Crippen LogP contribution in [0.15, 0.2) is 18.2 Å². The standard InChI is InChI=1S/C28H25F5N6O2S.C7H12FN/c1-5-38(14-8-12(2)39(11-14)13(3)40)26-16-9-18(28(31,32)33)21(22(30)23(16)36-27(37-26)41-4)15-6-7-19(29)24-20(15)17(10-34)25(35)42-24;8-6-4-7-2-1-3-9(7)5-6/h6-7,9,12,14H,5,8,11,35H2,1-4H3;6-7H,1-5H2. The number of hydrogen-bond donors (Lipinski definition) is 1. The van der Waals surface area contributed by atoms with Gasteiger partial charge in [-0.25, -0.2) is 13.2 Å². The highest BCUT2D eigenvalue weighted by Gasteiger charge is 2.40. The molecule has 2 aromatic carbocycles. The van der Waals surface area contributed by atoms with Gasteiger partial charge in [-0.1, -0.05) is 6.07 Å². The number of nitrogen functional groups attached to an aromatic ring is 1. The molecule has 4 atom stereocenters. The molecule has 0 saturated carbocycles. The van der Waals surface area contributed by atoms with Gasteiger partial charge in [-0.3, -0.25) is 9.69 Å². The van der Waals surface area contributed by atoms with Crippen molar-refractivity contribution in [3.8, 4) is 23.2 Å². The number of nitriles is 1. The minimum Gasteiger partial charge on any atom is -0.467 e. The van der Waals surface area contributed by atoms with Gasteiger partial charge in [0.1, 0.15) is 34.4 Å². The number of hydrogen-bond acceptors (Lipinski definition) is 9. The monoisotopic (exact) mass is 733 g/mol. The lowest BCUT2D eigenvalue weighted by molar-refractivity contribution is -0.137. The van der Waals surface area contributed by atoms with Gasteiger partial charge in [0.25, 0.3) is 0 Å². The van der Waals surface area contributed by atoms with Crippen molar-refractivity contribution in [3.63, 3.8) is 0 Å². The highest BCUT2D eigenvalue weighted by molar-refractivity contribution is 7.23. The van der Waals surface area contributed by atoms with Crippen LogP contribution < -0.4 is 15.4 Å². The Morgan fingerprint density at radius 2 is 1.96 bits per heavy atom.